The van der Waals surface area contributed by atoms with Gasteiger partial charge in [-0.1, -0.05) is 6.92 Å². The zero-order valence-corrected chi connectivity index (χ0v) is 14.0. The van der Waals surface area contributed by atoms with Crippen LogP contribution in [-0.4, -0.2) is 44.4 Å². The van der Waals surface area contributed by atoms with Crippen molar-refractivity contribution in [1.29, 1.82) is 0 Å². The Morgan fingerprint density at radius 3 is 2.75 bits per heavy atom. The van der Waals surface area contributed by atoms with E-state index in [0.717, 1.165) is 35.8 Å². The van der Waals surface area contributed by atoms with E-state index in [-0.39, 0.29) is 6.54 Å². The summed E-state index contributed by atoms with van der Waals surface area (Å²) in [5.41, 5.74) is 0. The average molecular weight is 320 g/mol. The van der Waals surface area contributed by atoms with Crippen molar-refractivity contribution in [3.8, 4) is 0 Å². The molecule has 0 saturated heterocycles. The lowest BCUT2D eigenvalue weighted by atomic mass is 10.4. The van der Waals surface area contributed by atoms with Gasteiger partial charge in [0.25, 0.3) is 10.2 Å². The van der Waals surface area contributed by atoms with E-state index in [2.05, 4.69) is 21.9 Å². The third-order valence-electron chi connectivity index (χ3n) is 2.74. The highest BCUT2D eigenvalue weighted by molar-refractivity contribution is 7.87. The van der Waals surface area contributed by atoms with Gasteiger partial charge in [0.2, 0.25) is 0 Å². The number of hydrogen-bond acceptors (Lipinski definition) is 5. The Morgan fingerprint density at radius 2 is 2.15 bits per heavy atom. The van der Waals surface area contributed by atoms with Crippen molar-refractivity contribution in [2.45, 2.75) is 33.2 Å². The highest BCUT2D eigenvalue weighted by Crippen LogP contribution is 2.11. The van der Waals surface area contributed by atoms with Crippen LogP contribution in [0.2, 0.25) is 0 Å². The zero-order valence-electron chi connectivity index (χ0n) is 12.3. The molecule has 0 radical (unpaired) electrons. The van der Waals surface area contributed by atoms with E-state index in [4.69, 9.17) is 0 Å². The van der Waals surface area contributed by atoms with Crippen molar-refractivity contribution in [1.82, 2.24) is 19.3 Å². The van der Waals surface area contributed by atoms with Gasteiger partial charge in [-0.3, -0.25) is 0 Å². The molecule has 0 saturated carbocycles. The van der Waals surface area contributed by atoms with E-state index in [9.17, 15) is 8.42 Å². The summed E-state index contributed by atoms with van der Waals surface area (Å²) in [6.45, 7) is 6.61. The van der Waals surface area contributed by atoms with Crippen molar-refractivity contribution < 1.29 is 8.42 Å². The molecule has 0 aliphatic heterocycles. The van der Waals surface area contributed by atoms with Crippen molar-refractivity contribution in [3.05, 3.63) is 16.1 Å². The second-order valence-electron chi connectivity index (χ2n) is 4.62. The predicted octanol–water partition coefficient (Wildman–Crippen LogP) is 1.11. The maximum absolute atomic E-state index is 12.0. The Morgan fingerprint density at radius 1 is 1.40 bits per heavy atom. The van der Waals surface area contributed by atoms with Crippen LogP contribution >= 0.6 is 11.3 Å². The quantitative estimate of drug-likeness (QED) is 0.633. The van der Waals surface area contributed by atoms with Gasteiger partial charge in [-0.2, -0.15) is 17.4 Å². The first-order valence-electron chi connectivity index (χ1n) is 6.78. The largest absolute Gasteiger partial charge is 0.317 e. The molecule has 1 aromatic rings. The fraction of sp³-hybridized carbons (Fsp3) is 0.750. The molecule has 0 atom stereocenters. The van der Waals surface area contributed by atoms with Gasteiger partial charge in [0, 0.05) is 24.7 Å². The monoisotopic (exact) mass is 320 g/mol. The van der Waals surface area contributed by atoms with Gasteiger partial charge in [0.15, 0.2) is 0 Å². The molecule has 0 spiro atoms. The molecule has 0 aliphatic rings. The summed E-state index contributed by atoms with van der Waals surface area (Å²) < 4.78 is 27.9. The van der Waals surface area contributed by atoms with Gasteiger partial charge in [-0.15, -0.1) is 11.3 Å². The molecule has 6 nitrogen and oxygen atoms in total. The summed E-state index contributed by atoms with van der Waals surface area (Å²) in [5, 5.41) is 4.03. The Kier molecular flexibility index (Phi) is 7.60. The molecule has 116 valence electrons. The molecule has 0 fully saturated rings. The maximum atomic E-state index is 12.0. The summed E-state index contributed by atoms with van der Waals surface area (Å²) >= 11 is 1.50. The maximum Gasteiger partial charge on any atom is 0.279 e. The Bertz CT molecular complexity index is 487. The van der Waals surface area contributed by atoms with E-state index in [1.165, 1.54) is 15.6 Å². The van der Waals surface area contributed by atoms with Crippen molar-refractivity contribution in [3.63, 3.8) is 0 Å². The molecule has 8 heteroatoms. The van der Waals surface area contributed by atoms with Gasteiger partial charge >= 0.3 is 0 Å². The number of nitrogens with one attached hydrogen (secondary N) is 2. The molecule has 0 aliphatic carbocycles. The Labute approximate surface area is 125 Å². The first-order chi connectivity index (χ1) is 9.45. The number of nitrogens with zero attached hydrogens (tertiary/aromatic N) is 2. The highest BCUT2D eigenvalue weighted by Gasteiger charge is 2.17. The van der Waals surface area contributed by atoms with Crippen LogP contribution in [0, 0.1) is 6.92 Å². The number of rotatable bonds is 10. The fourth-order valence-corrected chi connectivity index (χ4v) is 3.32. The molecule has 1 rings (SSSR count). The smallest absolute Gasteiger partial charge is 0.279 e. The van der Waals surface area contributed by atoms with Crippen LogP contribution in [-0.2, 0) is 16.8 Å². The number of thiazole rings is 1. The fourth-order valence-electron chi connectivity index (χ4n) is 1.59. The topological polar surface area (TPSA) is 74.3 Å². The summed E-state index contributed by atoms with van der Waals surface area (Å²) in [7, 11) is -1.83. The molecular weight excluding hydrogens is 296 g/mol. The number of aromatic nitrogens is 1. The molecule has 20 heavy (non-hydrogen) atoms. The Balaban J connectivity index is 2.31. The Hall–Kier alpha value is -0.540. The molecule has 0 unspecified atom stereocenters. The van der Waals surface area contributed by atoms with Crippen LogP contribution < -0.4 is 10.0 Å². The summed E-state index contributed by atoms with van der Waals surface area (Å²) in [5.74, 6) is 0. The number of aryl methyl sites for hydroxylation is 1. The lowest BCUT2D eigenvalue weighted by molar-refractivity contribution is 0.444. The van der Waals surface area contributed by atoms with Crippen LogP contribution in [0.3, 0.4) is 0 Å². The normalized spacial score (nSPS) is 12.2. The highest BCUT2D eigenvalue weighted by atomic mass is 32.2. The minimum absolute atomic E-state index is 0.249. The molecule has 2 N–H and O–H groups in total. The lowest BCUT2D eigenvalue weighted by Crippen LogP contribution is -2.39. The standard InChI is InChI=1S/C12H24N4O2S2/c1-4-6-13-7-5-8-16(3)20(17,18)15-10-12-14-9-11(2)19-12/h9,13,15H,4-8,10H2,1-3H3. The van der Waals surface area contributed by atoms with E-state index < -0.39 is 10.2 Å². The molecule has 0 amide bonds. The SMILES string of the molecule is CCCNCCCN(C)S(=O)(=O)NCc1ncc(C)s1. The van der Waals surface area contributed by atoms with Gasteiger partial charge in [0.05, 0.1) is 6.54 Å². The van der Waals surface area contributed by atoms with E-state index >= 15 is 0 Å². The molecule has 1 heterocycles. The van der Waals surface area contributed by atoms with E-state index in [0.29, 0.717) is 6.54 Å². The van der Waals surface area contributed by atoms with Crippen LogP contribution in [0.4, 0.5) is 0 Å². The van der Waals surface area contributed by atoms with Crippen LogP contribution in [0.5, 0.6) is 0 Å². The molecule has 1 aromatic heterocycles. The third-order valence-corrected chi connectivity index (χ3v) is 5.16. The van der Waals surface area contributed by atoms with Gasteiger partial charge < -0.3 is 5.32 Å². The zero-order chi connectivity index (χ0) is 15.0. The number of hydrogen-bond donors (Lipinski definition) is 2. The van der Waals surface area contributed by atoms with Crippen LogP contribution in [0.1, 0.15) is 29.7 Å². The molecule has 0 aromatic carbocycles. The first kappa shape index (κ1) is 17.5. The van der Waals surface area contributed by atoms with Crippen molar-refractivity contribution in [2.24, 2.45) is 0 Å². The minimum Gasteiger partial charge on any atom is -0.317 e. The predicted molar refractivity (Wildman–Crippen MR) is 83.0 cm³/mol. The second-order valence-corrected chi connectivity index (χ2v) is 7.80. The van der Waals surface area contributed by atoms with Crippen molar-refractivity contribution >= 4 is 21.5 Å². The van der Waals surface area contributed by atoms with Crippen LogP contribution in [0.25, 0.3) is 0 Å². The van der Waals surface area contributed by atoms with Gasteiger partial charge in [-0.05, 0) is 32.9 Å². The van der Waals surface area contributed by atoms with Gasteiger partial charge in [0.1, 0.15) is 5.01 Å². The van der Waals surface area contributed by atoms with E-state index in [1.807, 2.05) is 6.92 Å². The first-order valence-corrected chi connectivity index (χ1v) is 9.04. The van der Waals surface area contributed by atoms with Crippen LogP contribution in [0.15, 0.2) is 6.20 Å². The summed E-state index contributed by atoms with van der Waals surface area (Å²) in [6, 6.07) is 0. The minimum atomic E-state index is -3.42. The molecule has 0 bridgehead atoms. The van der Waals surface area contributed by atoms with E-state index in [1.54, 1.807) is 13.2 Å². The lowest BCUT2D eigenvalue weighted by Gasteiger charge is -2.17. The van der Waals surface area contributed by atoms with Crippen molar-refractivity contribution in [2.75, 3.05) is 26.7 Å². The average Bonchev–Trinajstić information content (AvgIpc) is 2.82. The second kappa shape index (κ2) is 8.68. The summed E-state index contributed by atoms with van der Waals surface area (Å²) in [6.07, 6.45) is 3.63. The summed E-state index contributed by atoms with van der Waals surface area (Å²) in [4.78, 5) is 5.22. The third kappa shape index (κ3) is 6.27. The molecular formula is C12H24N4O2S2. The van der Waals surface area contributed by atoms with Gasteiger partial charge in [-0.25, -0.2) is 4.98 Å².